The number of benzene rings is 3. The Morgan fingerprint density at radius 2 is 0.854 bits per heavy atom. The normalized spacial score (nSPS) is 14.6. The zero-order valence-corrected chi connectivity index (χ0v) is 29.6. The molecule has 0 amide bonds. The number of aromatic nitrogens is 3. The molecule has 3 heterocycles. The van der Waals surface area contributed by atoms with Gasteiger partial charge in [-0.15, -0.1) is 0 Å². The largest absolute Gasteiger partial charge is 0.260 e. The standard InChI is InChI=1S/C45H47N3/c1-42(2,3)35-25-27-46-40(30-35)44(7,33-18-11-9-12-19-33)37-22-15-17-32(29-37)38-23-16-24-39(48-38)45(8,34-20-13-10-14-21-34)41-31-36(26-28-47-41)43(4,5)6/h9-31H,1-8H3. The van der Waals surface area contributed by atoms with Gasteiger partial charge >= 0.3 is 0 Å². The highest BCUT2D eigenvalue weighted by Gasteiger charge is 2.36. The lowest BCUT2D eigenvalue weighted by Gasteiger charge is -2.32. The quantitative estimate of drug-likeness (QED) is 0.176. The van der Waals surface area contributed by atoms with E-state index in [4.69, 9.17) is 15.0 Å². The Hall–Kier alpha value is -4.89. The van der Waals surface area contributed by atoms with E-state index in [1.807, 2.05) is 12.4 Å². The summed E-state index contributed by atoms with van der Waals surface area (Å²) in [4.78, 5) is 15.4. The summed E-state index contributed by atoms with van der Waals surface area (Å²) in [6.45, 7) is 18.0. The topological polar surface area (TPSA) is 38.7 Å². The van der Waals surface area contributed by atoms with Gasteiger partial charge in [-0.05, 0) is 95.0 Å². The predicted octanol–water partition coefficient (Wildman–Crippen LogP) is 10.8. The molecule has 48 heavy (non-hydrogen) atoms. The van der Waals surface area contributed by atoms with Crippen LogP contribution in [0, 0.1) is 0 Å². The van der Waals surface area contributed by atoms with Gasteiger partial charge in [0.15, 0.2) is 0 Å². The third-order valence-electron chi connectivity index (χ3n) is 9.98. The fraction of sp³-hybridized carbons (Fsp3) is 0.267. The Kier molecular flexibility index (Phi) is 8.68. The molecule has 3 aromatic carbocycles. The molecule has 0 bridgehead atoms. The summed E-state index contributed by atoms with van der Waals surface area (Å²) in [6, 6.07) is 45.4. The van der Waals surface area contributed by atoms with E-state index in [2.05, 4.69) is 183 Å². The average molecular weight is 630 g/mol. The Balaban J connectivity index is 1.51. The number of hydrogen-bond acceptors (Lipinski definition) is 3. The number of nitrogens with zero attached hydrogens (tertiary/aromatic N) is 3. The maximum absolute atomic E-state index is 5.42. The van der Waals surface area contributed by atoms with Crippen LogP contribution in [0.1, 0.15) is 100 Å². The van der Waals surface area contributed by atoms with Crippen LogP contribution < -0.4 is 0 Å². The molecule has 0 fully saturated rings. The first-order valence-corrected chi connectivity index (χ1v) is 16.9. The molecule has 0 aliphatic rings. The van der Waals surface area contributed by atoms with E-state index in [1.165, 1.54) is 22.3 Å². The minimum atomic E-state index is -0.563. The second-order valence-electron chi connectivity index (χ2n) is 15.3. The molecule has 3 heteroatoms. The van der Waals surface area contributed by atoms with E-state index in [0.29, 0.717) is 0 Å². The summed E-state index contributed by atoms with van der Waals surface area (Å²) >= 11 is 0. The van der Waals surface area contributed by atoms with Crippen molar-refractivity contribution in [1.29, 1.82) is 0 Å². The van der Waals surface area contributed by atoms with Gasteiger partial charge in [-0.3, -0.25) is 15.0 Å². The molecule has 0 saturated heterocycles. The summed E-state index contributed by atoms with van der Waals surface area (Å²) in [6.07, 6.45) is 3.90. The molecule has 3 nitrogen and oxygen atoms in total. The van der Waals surface area contributed by atoms with Gasteiger partial charge in [0.05, 0.1) is 33.6 Å². The zero-order chi connectivity index (χ0) is 34.2. The summed E-state index contributed by atoms with van der Waals surface area (Å²) in [5.41, 5.74) is 9.97. The van der Waals surface area contributed by atoms with Crippen molar-refractivity contribution >= 4 is 0 Å². The average Bonchev–Trinajstić information content (AvgIpc) is 3.11. The van der Waals surface area contributed by atoms with Gasteiger partial charge in [0, 0.05) is 18.0 Å². The Morgan fingerprint density at radius 1 is 0.375 bits per heavy atom. The third-order valence-corrected chi connectivity index (χ3v) is 9.98. The van der Waals surface area contributed by atoms with E-state index in [0.717, 1.165) is 33.9 Å². The summed E-state index contributed by atoms with van der Waals surface area (Å²) in [7, 11) is 0. The molecule has 0 saturated carbocycles. The lowest BCUT2D eigenvalue weighted by Crippen LogP contribution is -2.29. The van der Waals surface area contributed by atoms with Crippen molar-refractivity contribution in [2.75, 3.05) is 0 Å². The molecule has 6 aromatic rings. The van der Waals surface area contributed by atoms with Crippen LogP contribution in [0.5, 0.6) is 0 Å². The van der Waals surface area contributed by atoms with Crippen molar-refractivity contribution in [2.45, 2.75) is 77.0 Å². The van der Waals surface area contributed by atoms with Gasteiger partial charge in [0.1, 0.15) is 0 Å². The lowest BCUT2D eigenvalue weighted by atomic mass is 9.72. The van der Waals surface area contributed by atoms with Gasteiger partial charge < -0.3 is 0 Å². The van der Waals surface area contributed by atoms with Crippen LogP contribution >= 0.6 is 0 Å². The Labute approximate surface area is 287 Å². The summed E-state index contributed by atoms with van der Waals surface area (Å²) in [5, 5.41) is 0. The SMILES string of the molecule is CC(C)(C)c1ccnc(C(C)(c2ccccc2)c2cccc(-c3cccc(C(C)(c4ccccc4)c4cc(C(C)(C)C)ccn4)n3)c2)c1. The van der Waals surface area contributed by atoms with Crippen LogP contribution in [-0.4, -0.2) is 15.0 Å². The maximum atomic E-state index is 5.42. The van der Waals surface area contributed by atoms with E-state index in [9.17, 15) is 0 Å². The van der Waals surface area contributed by atoms with E-state index in [1.54, 1.807) is 0 Å². The van der Waals surface area contributed by atoms with Crippen LogP contribution in [0.2, 0.25) is 0 Å². The number of rotatable bonds is 7. The first-order valence-electron chi connectivity index (χ1n) is 16.9. The van der Waals surface area contributed by atoms with Crippen molar-refractivity contribution < 1.29 is 0 Å². The van der Waals surface area contributed by atoms with Crippen LogP contribution in [0.25, 0.3) is 11.3 Å². The molecule has 3 aromatic heterocycles. The minimum absolute atomic E-state index is 0.00232. The van der Waals surface area contributed by atoms with Crippen molar-refractivity contribution in [3.8, 4) is 11.3 Å². The highest BCUT2D eigenvalue weighted by Crippen LogP contribution is 2.42. The lowest BCUT2D eigenvalue weighted by molar-refractivity contribution is 0.579. The molecule has 2 atom stereocenters. The highest BCUT2D eigenvalue weighted by molar-refractivity contribution is 5.63. The first kappa shape index (κ1) is 33.0. The first-order chi connectivity index (χ1) is 22.8. The number of pyridine rings is 3. The van der Waals surface area contributed by atoms with Gasteiger partial charge in [0.2, 0.25) is 0 Å². The molecule has 6 rings (SSSR count). The van der Waals surface area contributed by atoms with Crippen LogP contribution in [0.3, 0.4) is 0 Å². The molecule has 2 unspecified atom stereocenters. The van der Waals surface area contributed by atoms with Crippen LogP contribution in [0.15, 0.2) is 140 Å². The van der Waals surface area contributed by atoms with E-state index >= 15 is 0 Å². The predicted molar refractivity (Wildman–Crippen MR) is 200 cm³/mol. The van der Waals surface area contributed by atoms with Crippen molar-refractivity contribution in [3.05, 3.63) is 185 Å². The molecule has 0 N–H and O–H groups in total. The highest BCUT2D eigenvalue weighted by atomic mass is 14.8. The smallest absolute Gasteiger partial charge is 0.0768 e. The molecule has 242 valence electrons. The third kappa shape index (κ3) is 6.22. The molecule has 0 aliphatic carbocycles. The summed E-state index contributed by atoms with van der Waals surface area (Å²) in [5.74, 6) is 0. The maximum Gasteiger partial charge on any atom is 0.0768 e. The second kappa shape index (κ2) is 12.6. The molecule has 0 spiro atoms. The number of hydrogen-bond donors (Lipinski definition) is 0. The summed E-state index contributed by atoms with van der Waals surface area (Å²) < 4.78 is 0. The molecule has 0 aliphatic heterocycles. The van der Waals surface area contributed by atoms with Gasteiger partial charge in [-0.25, -0.2) is 0 Å². The second-order valence-corrected chi connectivity index (χ2v) is 15.3. The van der Waals surface area contributed by atoms with Crippen molar-refractivity contribution in [1.82, 2.24) is 15.0 Å². The van der Waals surface area contributed by atoms with Gasteiger partial charge in [-0.2, -0.15) is 0 Å². The Morgan fingerprint density at radius 3 is 1.40 bits per heavy atom. The van der Waals surface area contributed by atoms with E-state index < -0.39 is 10.8 Å². The monoisotopic (exact) mass is 629 g/mol. The zero-order valence-electron chi connectivity index (χ0n) is 29.6. The Bertz CT molecular complexity index is 1870. The fourth-order valence-electron chi connectivity index (χ4n) is 6.64. The minimum Gasteiger partial charge on any atom is -0.260 e. The van der Waals surface area contributed by atoms with Crippen LogP contribution in [0.4, 0.5) is 0 Å². The van der Waals surface area contributed by atoms with Crippen molar-refractivity contribution in [2.24, 2.45) is 0 Å². The van der Waals surface area contributed by atoms with E-state index in [-0.39, 0.29) is 10.8 Å². The van der Waals surface area contributed by atoms with Crippen LogP contribution in [-0.2, 0) is 21.7 Å². The molecular weight excluding hydrogens is 583 g/mol. The fourth-order valence-corrected chi connectivity index (χ4v) is 6.64. The van der Waals surface area contributed by atoms with Crippen molar-refractivity contribution in [3.63, 3.8) is 0 Å². The van der Waals surface area contributed by atoms with Gasteiger partial charge in [-0.1, -0.05) is 126 Å². The van der Waals surface area contributed by atoms with Gasteiger partial charge in [0.25, 0.3) is 0 Å². The molecule has 0 radical (unpaired) electrons. The molecular formula is C45H47N3.